The molecule has 1 atom stereocenters. The fourth-order valence-corrected chi connectivity index (χ4v) is 1.64. The molecule has 7 nitrogen and oxygen atoms in total. The molecule has 0 aliphatic heterocycles. The van der Waals surface area contributed by atoms with Gasteiger partial charge in [0.25, 0.3) is 0 Å². The number of benzene rings is 1. The highest BCUT2D eigenvalue weighted by atomic mass is 16.6. The van der Waals surface area contributed by atoms with Gasteiger partial charge in [-0.1, -0.05) is 12.1 Å². The number of hydrogen-bond donors (Lipinski definition) is 1. The van der Waals surface area contributed by atoms with Crippen molar-refractivity contribution in [2.24, 2.45) is 0 Å². The first kappa shape index (κ1) is 14.7. The Bertz CT molecular complexity index is 649. The lowest BCUT2D eigenvalue weighted by molar-refractivity contribution is -0.157. The van der Waals surface area contributed by atoms with Crippen LogP contribution in [-0.2, 0) is 15.1 Å². The third-order valence-corrected chi connectivity index (χ3v) is 2.92. The molecular weight excluding hydrogens is 276 g/mol. The summed E-state index contributed by atoms with van der Waals surface area (Å²) in [6.45, 7) is 1.24. The van der Waals surface area contributed by atoms with Gasteiger partial charge in [0.2, 0.25) is 0 Å². The first-order valence-corrected chi connectivity index (χ1v) is 6.06. The molecule has 0 spiro atoms. The normalized spacial score (nSPS) is 13.3. The van der Waals surface area contributed by atoms with E-state index in [9.17, 15) is 14.7 Å². The molecule has 1 N–H and O–H groups in total. The van der Waals surface area contributed by atoms with Gasteiger partial charge in [-0.25, -0.2) is 19.1 Å². The van der Waals surface area contributed by atoms with Crippen LogP contribution in [0.5, 0.6) is 5.75 Å². The molecule has 2 aromatic rings. The molecule has 21 heavy (non-hydrogen) atoms. The number of rotatable bonds is 3. The zero-order valence-electron chi connectivity index (χ0n) is 11.5. The SMILES string of the molecule is COc1cccc(C(C)(O)C(=O)OC(=O)n2ccnc2)c1. The predicted molar refractivity (Wildman–Crippen MR) is 71.7 cm³/mol. The van der Waals surface area contributed by atoms with Gasteiger partial charge in [-0.15, -0.1) is 0 Å². The minimum Gasteiger partial charge on any atom is -0.497 e. The highest BCUT2D eigenvalue weighted by molar-refractivity contribution is 5.90. The van der Waals surface area contributed by atoms with E-state index in [0.29, 0.717) is 5.75 Å². The van der Waals surface area contributed by atoms with Gasteiger partial charge < -0.3 is 14.6 Å². The number of hydrogen-bond acceptors (Lipinski definition) is 6. The number of imidazole rings is 1. The number of ether oxygens (including phenoxy) is 2. The minimum atomic E-state index is -1.98. The van der Waals surface area contributed by atoms with Gasteiger partial charge in [-0.05, 0) is 24.6 Å². The number of nitrogens with zero attached hydrogens (tertiary/aromatic N) is 2. The predicted octanol–water partition coefficient (Wildman–Crippen LogP) is 1.31. The summed E-state index contributed by atoms with van der Waals surface area (Å²) in [5.41, 5.74) is -1.73. The molecular formula is C14H14N2O5. The van der Waals surface area contributed by atoms with Gasteiger partial charge in [0, 0.05) is 12.4 Å². The zero-order valence-corrected chi connectivity index (χ0v) is 11.5. The van der Waals surface area contributed by atoms with Gasteiger partial charge in [0.05, 0.1) is 7.11 Å². The molecule has 1 heterocycles. The summed E-state index contributed by atoms with van der Waals surface area (Å²) in [6, 6.07) is 6.31. The fraction of sp³-hybridized carbons (Fsp3) is 0.214. The Morgan fingerprint density at radius 2 is 2.14 bits per heavy atom. The Balaban J connectivity index is 2.18. The summed E-state index contributed by atoms with van der Waals surface area (Å²) < 4.78 is 10.7. The third-order valence-electron chi connectivity index (χ3n) is 2.92. The summed E-state index contributed by atoms with van der Waals surface area (Å²) in [5.74, 6) is -0.615. The van der Waals surface area contributed by atoms with E-state index in [1.165, 1.54) is 44.9 Å². The summed E-state index contributed by atoms with van der Waals surface area (Å²) in [7, 11) is 1.47. The van der Waals surface area contributed by atoms with Crippen LogP contribution in [0, 0.1) is 0 Å². The van der Waals surface area contributed by atoms with Crippen LogP contribution in [-0.4, -0.2) is 33.8 Å². The molecule has 0 radical (unpaired) electrons. The highest BCUT2D eigenvalue weighted by Crippen LogP contribution is 2.25. The van der Waals surface area contributed by atoms with Gasteiger partial charge in [-0.2, -0.15) is 0 Å². The lowest BCUT2D eigenvalue weighted by Gasteiger charge is -2.21. The van der Waals surface area contributed by atoms with E-state index in [2.05, 4.69) is 9.72 Å². The van der Waals surface area contributed by atoms with E-state index in [1.54, 1.807) is 12.1 Å². The molecule has 0 saturated carbocycles. The van der Waals surface area contributed by atoms with Crippen LogP contribution < -0.4 is 4.74 Å². The third kappa shape index (κ3) is 3.09. The number of aromatic nitrogens is 2. The largest absolute Gasteiger partial charge is 0.497 e. The van der Waals surface area contributed by atoms with Crippen molar-refractivity contribution in [3.8, 4) is 5.75 Å². The standard InChI is InChI=1S/C14H14N2O5/c1-14(19,10-4-3-5-11(8-10)20-2)12(17)21-13(18)16-7-6-15-9-16/h3-9,19H,1-2H3. The topological polar surface area (TPSA) is 90.7 Å². The van der Waals surface area contributed by atoms with E-state index < -0.39 is 17.7 Å². The fourth-order valence-electron chi connectivity index (χ4n) is 1.64. The summed E-state index contributed by atoms with van der Waals surface area (Å²) in [4.78, 5) is 27.3. The van der Waals surface area contributed by atoms with Gasteiger partial charge in [0.15, 0.2) is 5.60 Å². The Labute approximate surface area is 120 Å². The average molecular weight is 290 g/mol. The molecule has 0 aliphatic carbocycles. The lowest BCUT2D eigenvalue weighted by Crippen LogP contribution is -2.36. The van der Waals surface area contributed by atoms with Crippen molar-refractivity contribution in [1.82, 2.24) is 9.55 Å². The van der Waals surface area contributed by atoms with Crippen molar-refractivity contribution in [3.05, 3.63) is 48.5 Å². The zero-order chi connectivity index (χ0) is 15.5. The van der Waals surface area contributed by atoms with Crippen molar-refractivity contribution in [2.45, 2.75) is 12.5 Å². The van der Waals surface area contributed by atoms with Gasteiger partial charge in [0.1, 0.15) is 12.1 Å². The maximum absolute atomic E-state index is 12.0. The first-order valence-electron chi connectivity index (χ1n) is 6.06. The van der Waals surface area contributed by atoms with Crippen LogP contribution >= 0.6 is 0 Å². The lowest BCUT2D eigenvalue weighted by atomic mass is 9.96. The number of methoxy groups -OCH3 is 1. The monoisotopic (exact) mass is 290 g/mol. The molecule has 1 aromatic heterocycles. The van der Waals surface area contributed by atoms with E-state index >= 15 is 0 Å². The van der Waals surface area contributed by atoms with Crippen LogP contribution in [0.1, 0.15) is 12.5 Å². The van der Waals surface area contributed by atoms with Crippen LogP contribution in [0.3, 0.4) is 0 Å². The highest BCUT2D eigenvalue weighted by Gasteiger charge is 2.36. The summed E-state index contributed by atoms with van der Waals surface area (Å²) >= 11 is 0. The number of carbonyl (C=O) groups excluding carboxylic acids is 2. The molecule has 0 amide bonds. The molecule has 0 aliphatic rings. The van der Waals surface area contributed by atoms with Crippen LogP contribution in [0.2, 0.25) is 0 Å². The molecule has 2 rings (SSSR count). The van der Waals surface area contributed by atoms with Crippen molar-refractivity contribution in [3.63, 3.8) is 0 Å². The molecule has 110 valence electrons. The maximum atomic E-state index is 12.0. The first-order chi connectivity index (χ1) is 9.95. The van der Waals surface area contributed by atoms with Gasteiger partial charge in [-0.3, -0.25) is 0 Å². The Morgan fingerprint density at radius 3 is 2.76 bits per heavy atom. The smallest absolute Gasteiger partial charge is 0.427 e. The molecule has 7 heteroatoms. The number of esters is 1. The minimum absolute atomic E-state index is 0.255. The quantitative estimate of drug-likeness (QED) is 0.677. The second-order valence-corrected chi connectivity index (χ2v) is 4.43. The van der Waals surface area contributed by atoms with Crippen molar-refractivity contribution in [2.75, 3.05) is 7.11 Å². The molecule has 0 fully saturated rings. The number of carbonyl (C=O) groups is 2. The average Bonchev–Trinajstić information content (AvgIpc) is 3.01. The molecule has 1 unspecified atom stereocenters. The number of aliphatic hydroxyl groups is 1. The van der Waals surface area contributed by atoms with Crippen molar-refractivity contribution < 1.29 is 24.2 Å². The molecule has 0 saturated heterocycles. The summed E-state index contributed by atoms with van der Waals surface area (Å²) in [6.07, 6.45) is 2.94. The van der Waals surface area contributed by atoms with E-state index in [4.69, 9.17) is 4.74 Å². The van der Waals surface area contributed by atoms with Gasteiger partial charge >= 0.3 is 12.1 Å². The van der Waals surface area contributed by atoms with Crippen molar-refractivity contribution >= 4 is 12.1 Å². The Morgan fingerprint density at radius 1 is 1.38 bits per heavy atom. The van der Waals surface area contributed by atoms with E-state index in [-0.39, 0.29) is 5.56 Å². The summed E-state index contributed by atoms with van der Waals surface area (Å²) in [5, 5.41) is 10.3. The van der Waals surface area contributed by atoms with Crippen molar-refractivity contribution in [1.29, 1.82) is 0 Å². The van der Waals surface area contributed by atoms with E-state index in [1.807, 2.05) is 0 Å². The molecule has 1 aromatic carbocycles. The van der Waals surface area contributed by atoms with Crippen LogP contribution in [0.15, 0.2) is 43.0 Å². The Hall–Kier alpha value is -2.67. The van der Waals surface area contributed by atoms with Crippen LogP contribution in [0.25, 0.3) is 0 Å². The second kappa shape index (κ2) is 5.76. The van der Waals surface area contributed by atoms with E-state index in [0.717, 1.165) is 4.57 Å². The molecule has 0 bridgehead atoms. The second-order valence-electron chi connectivity index (χ2n) is 4.43. The van der Waals surface area contributed by atoms with Crippen LogP contribution in [0.4, 0.5) is 4.79 Å². The Kier molecular flexibility index (Phi) is 4.04. The maximum Gasteiger partial charge on any atom is 0.427 e.